The summed E-state index contributed by atoms with van der Waals surface area (Å²) in [5.41, 5.74) is 1.31. The van der Waals surface area contributed by atoms with E-state index in [1.807, 2.05) is 13.8 Å². The highest BCUT2D eigenvalue weighted by Gasteiger charge is 2.18. The number of benzene rings is 2. The third-order valence-electron chi connectivity index (χ3n) is 5.06. The monoisotopic (exact) mass is 459 g/mol. The number of nitrogens with zero attached hydrogens (tertiary/aromatic N) is 4. The lowest BCUT2D eigenvalue weighted by molar-refractivity contribution is 0.0519. The van der Waals surface area contributed by atoms with Crippen LogP contribution in [0.2, 0.25) is 0 Å². The first-order valence-corrected chi connectivity index (χ1v) is 11.0. The van der Waals surface area contributed by atoms with Crippen LogP contribution in [0.5, 0.6) is 0 Å². The number of carbonyl (C=O) groups is 2. The fourth-order valence-corrected chi connectivity index (χ4v) is 3.57. The van der Waals surface area contributed by atoms with E-state index in [0.717, 1.165) is 0 Å². The largest absolute Gasteiger partial charge is 0.461 e. The number of fused-ring (bicyclic) bond motifs is 1. The SMILES string of the molecule is CCOC(=O)c1ccn(-c2cccc(NC(=O)c3nn(CC(C)C)c(=O)c4ccccc34)c2)n1. The van der Waals surface area contributed by atoms with Gasteiger partial charge in [0.05, 0.1) is 17.7 Å². The number of hydrogen-bond donors (Lipinski definition) is 1. The molecule has 2 heterocycles. The molecule has 4 aromatic rings. The average molecular weight is 460 g/mol. The maximum atomic E-state index is 13.2. The van der Waals surface area contributed by atoms with E-state index >= 15 is 0 Å². The Morgan fingerprint density at radius 3 is 2.53 bits per heavy atom. The maximum Gasteiger partial charge on any atom is 0.358 e. The number of nitrogens with one attached hydrogen (secondary N) is 1. The molecule has 2 aromatic carbocycles. The highest BCUT2D eigenvalue weighted by Crippen LogP contribution is 2.18. The first-order chi connectivity index (χ1) is 16.4. The van der Waals surface area contributed by atoms with Crippen LogP contribution >= 0.6 is 0 Å². The number of aromatic nitrogens is 4. The van der Waals surface area contributed by atoms with Crippen molar-refractivity contribution >= 4 is 28.3 Å². The Morgan fingerprint density at radius 1 is 1.03 bits per heavy atom. The fraction of sp³-hybridized carbons (Fsp3) is 0.240. The zero-order chi connectivity index (χ0) is 24.2. The number of ether oxygens (including phenoxy) is 1. The van der Waals surface area contributed by atoms with Crippen molar-refractivity contribution in [2.45, 2.75) is 27.3 Å². The molecule has 0 radical (unpaired) electrons. The third kappa shape index (κ3) is 4.73. The molecule has 0 unspecified atom stereocenters. The van der Waals surface area contributed by atoms with Crippen molar-refractivity contribution < 1.29 is 14.3 Å². The second-order valence-corrected chi connectivity index (χ2v) is 8.15. The van der Waals surface area contributed by atoms with E-state index in [-0.39, 0.29) is 29.5 Å². The number of hydrogen-bond acceptors (Lipinski definition) is 6. The van der Waals surface area contributed by atoms with Crippen molar-refractivity contribution in [1.82, 2.24) is 19.6 Å². The molecule has 0 spiro atoms. The lowest BCUT2D eigenvalue weighted by Crippen LogP contribution is -2.29. The molecule has 9 heteroatoms. The van der Waals surface area contributed by atoms with Gasteiger partial charge in [-0.1, -0.05) is 38.1 Å². The third-order valence-corrected chi connectivity index (χ3v) is 5.06. The van der Waals surface area contributed by atoms with Crippen molar-refractivity contribution in [2.24, 2.45) is 5.92 Å². The van der Waals surface area contributed by atoms with Crippen molar-refractivity contribution in [2.75, 3.05) is 11.9 Å². The molecule has 0 aliphatic carbocycles. The molecule has 0 fully saturated rings. The van der Waals surface area contributed by atoms with Crippen molar-refractivity contribution in [3.05, 3.63) is 82.5 Å². The van der Waals surface area contributed by atoms with Gasteiger partial charge in [0.15, 0.2) is 11.4 Å². The van der Waals surface area contributed by atoms with E-state index in [9.17, 15) is 14.4 Å². The minimum absolute atomic E-state index is 0.171. The molecule has 0 saturated carbocycles. The number of anilines is 1. The number of amides is 1. The first-order valence-electron chi connectivity index (χ1n) is 11.0. The Kier molecular flexibility index (Phi) is 6.53. The lowest BCUT2D eigenvalue weighted by atomic mass is 10.1. The summed E-state index contributed by atoms with van der Waals surface area (Å²) in [6.07, 6.45) is 1.64. The van der Waals surface area contributed by atoms with Gasteiger partial charge in [-0.3, -0.25) is 9.59 Å². The second kappa shape index (κ2) is 9.70. The van der Waals surface area contributed by atoms with E-state index in [1.54, 1.807) is 67.7 Å². The molecule has 1 N–H and O–H groups in total. The van der Waals surface area contributed by atoms with Crippen LogP contribution in [-0.2, 0) is 11.3 Å². The summed E-state index contributed by atoms with van der Waals surface area (Å²) in [6, 6.07) is 15.6. The molecule has 0 bridgehead atoms. The van der Waals surface area contributed by atoms with Crippen LogP contribution in [0.15, 0.2) is 65.6 Å². The fourth-order valence-electron chi connectivity index (χ4n) is 3.57. The summed E-state index contributed by atoms with van der Waals surface area (Å²) in [5, 5.41) is 12.4. The van der Waals surface area contributed by atoms with Gasteiger partial charge in [-0.15, -0.1) is 0 Å². The predicted molar refractivity (Wildman–Crippen MR) is 128 cm³/mol. The molecule has 9 nitrogen and oxygen atoms in total. The maximum absolute atomic E-state index is 13.2. The summed E-state index contributed by atoms with van der Waals surface area (Å²) in [4.78, 5) is 37.9. The van der Waals surface area contributed by atoms with Gasteiger partial charge in [-0.05, 0) is 43.2 Å². The summed E-state index contributed by atoms with van der Waals surface area (Å²) in [7, 11) is 0. The highest BCUT2D eigenvalue weighted by atomic mass is 16.5. The van der Waals surface area contributed by atoms with Crippen LogP contribution < -0.4 is 10.9 Å². The quantitative estimate of drug-likeness (QED) is 0.423. The Balaban J connectivity index is 1.65. The van der Waals surface area contributed by atoms with E-state index in [2.05, 4.69) is 15.5 Å². The Bertz CT molecular complexity index is 1420. The lowest BCUT2D eigenvalue weighted by Gasteiger charge is -2.13. The van der Waals surface area contributed by atoms with E-state index < -0.39 is 11.9 Å². The Hall–Kier alpha value is -4.27. The summed E-state index contributed by atoms with van der Waals surface area (Å²) < 4.78 is 7.85. The number of carbonyl (C=O) groups excluding carboxylic acids is 2. The topological polar surface area (TPSA) is 108 Å². The van der Waals surface area contributed by atoms with E-state index in [0.29, 0.717) is 28.7 Å². The van der Waals surface area contributed by atoms with Gasteiger partial charge in [-0.2, -0.15) is 10.2 Å². The van der Waals surface area contributed by atoms with E-state index in [1.165, 1.54) is 9.36 Å². The molecule has 0 aliphatic rings. The Morgan fingerprint density at radius 2 is 1.79 bits per heavy atom. The molecular weight excluding hydrogens is 434 g/mol. The zero-order valence-electron chi connectivity index (χ0n) is 19.2. The van der Waals surface area contributed by atoms with Crippen molar-refractivity contribution in [1.29, 1.82) is 0 Å². The molecule has 1 amide bonds. The second-order valence-electron chi connectivity index (χ2n) is 8.15. The molecule has 0 aliphatic heterocycles. The smallest absolute Gasteiger partial charge is 0.358 e. The van der Waals surface area contributed by atoms with Crippen molar-refractivity contribution in [3.63, 3.8) is 0 Å². The molecule has 4 rings (SSSR count). The van der Waals surface area contributed by atoms with Gasteiger partial charge in [0.1, 0.15) is 0 Å². The van der Waals surface area contributed by atoms with E-state index in [4.69, 9.17) is 4.74 Å². The van der Waals surface area contributed by atoms with Crippen LogP contribution in [0.1, 0.15) is 41.7 Å². The predicted octanol–water partition coefficient (Wildman–Crippen LogP) is 3.67. The molecular formula is C25H25N5O4. The minimum Gasteiger partial charge on any atom is -0.461 e. The van der Waals surface area contributed by atoms with Crippen LogP contribution in [0.3, 0.4) is 0 Å². The Labute approximate surface area is 196 Å². The van der Waals surface area contributed by atoms with Crippen molar-refractivity contribution in [3.8, 4) is 5.69 Å². The summed E-state index contributed by atoms with van der Waals surface area (Å²) in [6.45, 7) is 6.37. The van der Waals surface area contributed by atoms with Crippen LogP contribution in [0.4, 0.5) is 5.69 Å². The van der Waals surface area contributed by atoms with Crippen LogP contribution in [0.25, 0.3) is 16.5 Å². The average Bonchev–Trinajstić information content (AvgIpc) is 3.32. The molecule has 34 heavy (non-hydrogen) atoms. The highest BCUT2D eigenvalue weighted by molar-refractivity contribution is 6.11. The summed E-state index contributed by atoms with van der Waals surface area (Å²) in [5.74, 6) is -0.744. The summed E-state index contributed by atoms with van der Waals surface area (Å²) >= 11 is 0. The number of esters is 1. The van der Waals surface area contributed by atoms with Gasteiger partial charge < -0.3 is 10.1 Å². The van der Waals surface area contributed by atoms with Gasteiger partial charge >= 0.3 is 5.97 Å². The molecule has 2 aromatic heterocycles. The van der Waals surface area contributed by atoms with Gasteiger partial charge in [0.2, 0.25) is 0 Å². The van der Waals surface area contributed by atoms with Gasteiger partial charge in [0.25, 0.3) is 11.5 Å². The standard InChI is InChI=1S/C25H25N5O4/c1-4-34-25(33)21-12-13-29(27-21)18-9-7-8-17(14-18)26-23(31)22-19-10-5-6-11-20(19)24(32)30(28-22)15-16(2)3/h5-14,16H,4,15H2,1-3H3,(H,26,31). The zero-order valence-corrected chi connectivity index (χ0v) is 19.2. The molecule has 0 atom stereocenters. The minimum atomic E-state index is -0.500. The van der Waals surface area contributed by atoms with Crippen LogP contribution in [-0.4, -0.2) is 38.0 Å². The van der Waals surface area contributed by atoms with Gasteiger partial charge in [-0.25, -0.2) is 14.2 Å². The molecule has 174 valence electrons. The normalized spacial score (nSPS) is 11.1. The molecule has 0 saturated heterocycles. The first kappa shape index (κ1) is 22.9. The van der Waals surface area contributed by atoms with Gasteiger partial charge in [0, 0.05) is 23.8 Å². The van der Waals surface area contributed by atoms with Crippen LogP contribution in [0, 0.1) is 5.92 Å². The number of rotatable bonds is 7.